The Morgan fingerprint density at radius 3 is 2.62 bits per heavy atom. The Morgan fingerprint density at radius 1 is 1.12 bits per heavy atom. The summed E-state index contributed by atoms with van der Waals surface area (Å²) < 4.78 is 1.82. The van der Waals surface area contributed by atoms with E-state index < -0.39 is 0 Å². The van der Waals surface area contributed by atoms with Crippen LogP contribution in [0.25, 0.3) is 0 Å². The minimum atomic E-state index is -0.328. The van der Waals surface area contributed by atoms with E-state index in [0.717, 1.165) is 16.8 Å². The van der Waals surface area contributed by atoms with Crippen LogP contribution in [0.1, 0.15) is 24.1 Å². The molecule has 26 heavy (non-hydrogen) atoms. The van der Waals surface area contributed by atoms with Crippen molar-refractivity contribution < 1.29 is 4.79 Å². The first-order valence-electron chi connectivity index (χ1n) is 8.72. The number of hydrogen-bond acceptors (Lipinski definition) is 4. The van der Waals surface area contributed by atoms with Crippen molar-refractivity contribution in [2.24, 2.45) is 5.92 Å². The predicted molar refractivity (Wildman–Crippen MR) is 101 cm³/mol. The third-order valence-corrected chi connectivity index (χ3v) is 4.92. The average molecular weight is 347 g/mol. The molecule has 0 saturated carbocycles. The van der Waals surface area contributed by atoms with Crippen LogP contribution in [0.4, 0.5) is 11.6 Å². The van der Waals surface area contributed by atoms with Crippen LogP contribution in [0.3, 0.4) is 0 Å². The van der Waals surface area contributed by atoms with Gasteiger partial charge < -0.3 is 10.6 Å². The van der Waals surface area contributed by atoms with E-state index in [9.17, 15) is 4.79 Å². The van der Waals surface area contributed by atoms with Gasteiger partial charge in [-0.2, -0.15) is 10.1 Å². The number of benzene rings is 2. The maximum absolute atomic E-state index is 13.2. The van der Waals surface area contributed by atoms with E-state index >= 15 is 0 Å². The molecule has 1 aliphatic rings. The van der Waals surface area contributed by atoms with Crippen molar-refractivity contribution in [1.29, 1.82) is 0 Å². The van der Waals surface area contributed by atoms with Crippen molar-refractivity contribution in [3.8, 4) is 0 Å². The lowest BCUT2D eigenvalue weighted by Crippen LogP contribution is -2.46. The molecule has 0 spiro atoms. The quantitative estimate of drug-likeness (QED) is 0.763. The molecule has 6 heteroatoms. The molecule has 0 saturated heterocycles. The summed E-state index contributed by atoms with van der Waals surface area (Å²) in [7, 11) is 0. The van der Waals surface area contributed by atoms with E-state index in [1.165, 1.54) is 6.33 Å². The van der Waals surface area contributed by atoms with E-state index in [2.05, 4.69) is 39.8 Å². The van der Waals surface area contributed by atoms with Gasteiger partial charge in [-0.3, -0.25) is 4.79 Å². The number of aryl methyl sites for hydroxylation is 1. The molecule has 2 N–H and O–H groups in total. The lowest BCUT2D eigenvalue weighted by Gasteiger charge is -2.37. The van der Waals surface area contributed by atoms with Gasteiger partial charge in [-0.1, -0.05) is 42.5 Å². The van der Waals surface area contributed by atoms with Gasteiger partial charge in [0.25, 0.3) is 0 Å². The molecule has 132 valence electrons. The number of anilines is 2. The van der Waals surface area contributed by atoms with Crippen molar-refractivity contribution in [2.45, 2.75) is 25.9 Å². The lowest BCUT2D eigenvalue weighted by molar-refractivity contribution is -0.121. The summed E-state index contributed by atoms with van der Waals surface area (Å²) in [5.74, 6) is 0.325. The highest BCUT2D eigenvalue weighted by molar-refractivity contribution is 5.94. The fourth-order valence-corrected chi connectivity index (χ4v) is 3.64. The predicted octanol–water partition coefficient (Wildman–Crippen LogP) is 3.24. The molecule has 2 aromatic carbocycles. The van der Waals surface area contributed by atoms with E-state index in [4.69, 9.17) is 0 Å². The molecule has 3 aromatic rings. The molecular weight excluding hydrogens is 326 g/mol. The topological polar surface area (TPSA) is 71.8 Å². The molecule has 1 aliphatic heterocycles. The number of para-hydroxylation sites is 1. The summed E-state index contributed by atoms with van der Waals surface area (Å²) in [6.07, 6.45) is 1.53. The normalized spacial score (nSPS) is 21.5. The molecule has 2 heterocycles. The standard InChI is InChI=1S/C20H21N5O/c1-13-8-6-7-11-16(13)18-17(14(2)23-20-21-12-22-25(18)20)19(26)24-15-9-4-3-5-10-15/h3-12,14,17-18H,1-2H3,(H,24,26)(H,21,22,23)/t14-,17-,18-/m0/s1. The maximum Gasteiger partial charge on any atom is 0.232 e. The lowest BCUT2D eigenvalue weighted by atomic mass is 9.84. The van der Waals surface area contributed by atoms with Crippen LogP contribution < -0.4 is 10.6 Å². The number of rotatable bonds is 3. The zero-order chi connectivity index (χ0) is 18.1. The average Bonchev–Trinajstić information content (AvgIpc) is 3.10. The van der Waals surface area contributed by atoms with Gasteiger partial charge in [-0.25, -0.2) is 4.68 Å². The Hall–Kier alpha value is -3.15. The Kier molecular flexibility index (Phi) is 4.16. The molecule has 6 nitrogen and oxygen atoms in total. The van der Waals surface area contributed by atoms with Gasteiger partial charge in [0.1, 0.15) is 6.33 Å². The first-order chi connectivity index (χ1) is 12.6. The van der Waals surface area contributed by atoms with Crippen molar-refractivity contribution in [2.75, 3.05) is 10.6 Å². The Bertz CT molecular complexity index is 921. The smallest absolute Gasteiger partial charge is 0.232 e. The minimum Gasteiger partial charge on any atom is -0.351 e. The van der Waals surface area contributed by atoms with E-state index in [1.54, 1.807) is 0 Å². The van der Waals surface area contributed by atoms with Crippen molar-refractivity contribution >= 4 is 17.5 Å². The first kappa shape index (κ1) is 16.3. The number of aromatic nitrogens is 3. The van der Waals surface area contributed by atoms with Crippen molar-refractivity contribution in [3.05, 3.63) is 72.1 Å². The van der Waals surface area contributed by atoms with Crippen LogP contribution in [0.2, 0.25) is 0 Å². The fourth-order valence-electron chi connectivity index (χ4n) is 3.64. The largest absolute Gasteiger partial charge is 0.351 e. The van der Waals surface area contributed by atoms with Gasteiger partial charge in [-0.15, -0.1) is 0 Å². The highest BCUT2D eigenvalue weighted by atomic mass is 16.2. The monoisotopic (exact) mass is 347 g/mol. The summed E-state index contributed by atoms with van der Waals surface area (Å²) in [4.78, 5) is 17.5. The molecule has 4 rings (SSSR count). The Morgan fingerprint density at radius 2 is 1.85 bits per heavy atom. The number of nitrogens with one attached hydrogen (secondary N) is 2. The number of amides is 1. The summed E-state index contributed by atoms with van der Waals surface area (Å²) in [6.45, 7) is 4.07. The summed E-state index contributed by atoms with van der Waals surface area (Å²) in [5, 5.41) is 10.7. The highest BCUT2D eigenvalue weighted by Crippen LogP contribution is 2.37. The molecule has 1 aromatic heterocycles. The number of carbonyl (C=O) groups excluding carboxylic acids is 1. The van der Waals surface area contributed by atoms with E-state index in [0.29, 0.717) is 5.95 Å². The maximum atomic E-state index is 13.2. The molecule has 0 radical (unpaired) electrons. The highest BCUT2D eigenvalue weighted by Gasteiger charge is 2.41. The Balaban J connectivity index is 1.76. The number of nitrogens with zero attached hydrogens (tertiary/aromatic N) is 3. The summed E-state index contributed by atoms with van der Waals surface area (Å²) in [6, 6.07) is 17.4. The van der Waals surface area contributed by atoms with Crippen LogP contribution in [-0.4, -0.2) is 26.7 Å². The molecule has 0 unspecified atom stereocenters. The van der Waals surface area contributed by atoms with Gasteiger partial charge >= 0.3 is 0 Å². The van der Waals surface area contributed by atoms with Crippen LogP contribution in [0.5, 0.6) is 0 Å². The van der Waals surface area contributed by atoms with Crippen molar-refractivity contribution in [1.82, 2.24) is 14.8 Å². The molecular formula is C20H21N5O. The van der Waals surface area contributed by atoms with Gasteiger partial charge in [0.05, 0.1) is 12.0 Å². The van der Waals surface area contributed by atoms with Crippen LogP contribution in [-0.2, 0) is 4.79 Å². The van der Waals surface area contributed by atoms with Crippen LogP contribution in [0.15, 0.2) is 60.9 Å². The summed E-state index contributed by atoms with van der Waals surface area (Å²) in [5.41, 5.74) is 3.00. The minimum absolute atomic E-state index is 0.0365. The number of fused-ring (bicyclic) bond motifs is 1. The van der Waals surface area contributed by atoms with E-state index in [-0.39, 0.29) is 23.9 Å². The molecule has 1 amide bonds. The van der Waals surface area contributed by atoms with Gasteiger partial charge in [-0.05, 0) is 37.1 Å². The zero-order valence-electron chi connectivity index (χ0n) is 14.8. The molecule has 3 atom stereocenters. The molecule has 0 fully saturated rings. The van der Waals surface area contributed by atoms with Gasteiger partial charge in [0.15, 0.2) is 0 Å². The third kappa shape index (κ3) is 2.83. The van der Waals surface area contributed by atoms with Gasteiger partial charge in [0.2, 0.25) is 11.9 Å². The molecule has 0 aliphatic carbocycles. The second kappa shape index (κ2) is 6.63. The summed E-state index contributed by atoms with van der Waals surface area (Å²) >= 11 is 0. The van der Waals surface area contributed by atoms with Gasteiger partial charge in [0, 0.05) is 11.7 Å². The Labute approximate surface area is 152 Å². The molecule has 0 bridgehead atoms. The number of carbonyl (C=O) groups is 1. The van der Waals surface area contributed by atoms with Crippen LogP contribution >= 0.6 is 0 Å². The fraction of sp³-hybridized carbons (Fsp3) is 0.250. The third-order valence-electron chi connectivity index (χ3n) is 4.92. The second-order valence-corrected chi connectivity index (χ2v) is 6.64. The van der Waals surface area contributed by atoms with Crippen LogP contribution in [0, 0.1) is 12.8 Å². The SMILES string of the molecule is Cc1ccccc1[C@H]1[C@@H](C(=O)Nc2ccccc2)[C@H](C)Nc2ncnn21. The van der Waals surface area contributed by atoms with E-state index in [1.807, 2.05) is 54.1 Å². The zero-order valence-corrected chi connectivity index (χ0v) is 14.8. The number of hydrogen-bond donors (Lipinski definition) is 2. The van der Waals surface area contributed by atoms with Crippen molar-refractivity contribution in [3.63, 3.8) is 0 Å². The first-order valence-corrected chi connectivity index (χ1v) is 8.72. The second-order valence-electron chi connectivity index (χ2n) is 6.64.